The van der Waals surface area contributed by atoms with Crippen LogP contribution in [0.4, 0.5) is 0 Å². The molecule has 0 saturated heterocycles. The summed E-state index contributed by atoms with van der Waals surface area (Å²) in [7, 11) is 0. The standard InChI is InChI=1S/C13H11BrN4O/c1-8-16-12-10(13(19)17-8)6-15-18(12)7-9-4-2-3-5-11(9)14/h2-6H,7H2,1H3,(H,16,17,19). The van der Waals surface area contributed by atoms with Crippen LogP contribution < -0.4 is 5.56 Å². The smallest absolute Gasteiger partial charge is 0.262 e. The zero-order valence-corrected chi connectivity index (χ0v) is 11.8. The lowest BCUT2D eigenvalue weighted by Crippen LogP contribution is -2.11. The van der Waals surface area contributed by atoms with E-state index in [1.165, 1.54) is 0 Å². The van der Waals surface area contributed by atoms with E-state index < -0.39 is 0 Å². The Labute approximate surface area is 117 Å². The maximum Gasteiger partial charge on any atom is 0.262 e. The van der Waals surface area contributed by atoms with E-state index in [9.17, 15) is 4.79 Å². The van der Waals surface area contributed by atoms with Gasteiger partial charge in [-0.25, -0.2) is 9.67 Å². The van der Waals surface area contributed by atoms with Gasteiger partial charge >= 0.3 is 0 Å². The Balaban J connectivity index is 2.12. The predicted molar refractivity (Wildman–Crippen MR) is 76.1 cm³/mol. The minimum atomic E-state index is -0.152. The summed E-state index contributed by atoms with van der Waals surface area (Å²) in [5, 5.41) is 4.76. The lowest BCUT2D eigenvalue weighted by Gasteiger charge is -2.05. The molecule has 0 aliphatic carbocycles. The first-order chi connectivity index (χ1) is 9.15. The molecule has 0 unspecified atom stereocenters. The van der Waals surface area contributed by atoms with Gasteiger partial charge in [0, 0.05) is 4.47 Å². The largest absolute Gasteiger partial charge is 0.310 e. The second-order valence-electron chi connectivity index (χ2n) is 4.28. The van der Waals surface area contributed by atoms with E-state index in [-0.39, 0.29) is 5.56 Å². The molecule has 0 bridgehead atoms. The van der Waals surface area contributed by atoms with Crippen molar-refractivity contribution in [3.05, 3.63) is 56.7 Å². The van der Waals surface area contributed by atoms with Gasteiger partial charge < -0.3 is 4.98 Å². The van der Waals surface area contributed by atoms with Gasteiger partial charge in [0.2, 0.25) is 0 Å². The molecule has 0 saturated carbocycles. The molecule has 6 heteroatoms. The first kappa shape index (κ1) is 12.1. The van der Waals surface area contributed by atoms with Crippen molar-refractivity contribution in [3.63, 3.8) is 0 Å². The van der Waals surface area contributed by atoms with Gasteiger partial charge in [-0.05, 0) is 18.6 Å². The van der Waals surface area contributed by atoms with Crippen molar-refractivity contribution < 1.29 is 0 Å². The molecule has 0 radical (unpaired) electrons. The highest BCUT2D eigenvalue weighted by atomic mass is 79.9. The van der Waals surface area contributed by atoms with Crippen molar-refractivity contribution in [1.29, 1.82) is 0 Å². The summed E-state index contributed by atoms with van der Waals surface area (Å²) in [6.45, 7) is 2.33. The van der Waals surface area contributed by atoms with E-state index in [0.29, 0.717) is 23.4 Å². The monoisotopic (exact) mass is 318 g/mol. The van der Waals surface area contributed by atoms with E-state index in [4.69, 9.17) is 0 Å². The third-order valence-electron chi connectivity index (χ3n) is 2.90. The molecule has 2 heterocycles. The van der Waals surface area contributed by atoms with Gasteiger partial charge in [-0.2, -0.15) is 5.10 Å². The molecular formula is C13H11BrN4O. The average Bonchev–Trinajstić information content (AvgIpc) is 2.76. The summed E-state index contributed by atoms with van der Waals surface area (Å²) >= 11 is 3.51. The van der Waals surface area contributed by atoms with Gasteiger partial charge in [0.05, 0.1) is 12.7 Å². The summed E-state index contributed by atoms with van der Waals surface area (Å²) in [5.41, 5.74) is 1.55. The molecule has 0 amide bonds. The Kier molecular flexibility index (Phi) is 2.94. The van der Waals surface area contributed by atoms with Crippen molar-refractivity contribution in [2.75, 3.05) is 0 Å². The lowest BCUT2D eigenvalue weighted by molar-refractivity contribution is 0.700. The second kappa shape index (κ2) is 4.62. The second-order valence-corrected chi connectivity index (χ2v) is 5.14. The highest BCUT2D eigenvalue weighted by Crippen LogP contribution is 2.18. The molecule has 0 atom stereocenters. The fourth-order valence-electron chi connectivity index (χ4n) is 1.98. The molecule has 19 heavy (non-hydrogen) atoms. The number of nitrogens with zero attached hydrogens (tertiary/aromatic N) is 3. The number of hydrogen-bond donors (Lipinski definition) is 1. The Hall–Kier alpha value is -1.95. The number of nitrogens with one attached hydrogen (secondary N) is 1. The molecule has 96 valence electrons. The van der Waals surface area contributed by atoms with Crippen molar-refractivity contribution in [2.24, 2.45) is 0 Å². The van der Waals surface area contributed by atoms with Gasteiger partial charge in [-0.3, -0.25) is 4.79 Å². The Morgan fingerprint density at radius 2 is 2.16 bits per heavy atom. The molecule has 0 aliphatic rings. The van der Waals surface area contributed by atoms with Crippen LogP contribution in [-0.4, -0.2) is 19.7 Å². The SMILES string of the molecule is Cc1nc2c(cnn2Cc2ccccc2Br)c(=O)[nH]1. The van der Waals surface area contributed by atoms with E-state index >= 15 is 0 Å². The normalized spacial score (nSPS) is 11.1. The van der Waals surface area contributed by atoms with Crippen LogP contribution in [0.3, 0.4) is 0 Å². The molecule has 1 N–H and O–H groups in total. The molecule has 0 fully saturated rings. The fourth-order valence-corrected chi connectivity index (χ4v) is 2.39. The number of aromatic amines is 1. The van der Waals surface area contributed by atoms with Crippen molar-refractivity contribution in [3.8, 4) is 0 Å². The third kappa shape index (κ3) is 2.19. The zero-order chi connectivity index (χ0) is 13.4. The summed E-state index contributed by atoms with van der Waals surface area (Å²) in [4.78, 5) is 18.8. The van der Waals surface area contributed by atoms with E-state index in [1.54, 1.807) is 17.8 Å². The van der Waals surface area contributed by atoms with Gasteiger partial charge in [-0.15, -0.1) is 0 Å². The number of halogens is 1. The van der Waals surface area contributed by atoms with Crippen LogP contribution in [0, 0.1) is 6.92 Å². The van der Waals surface area contributed by atoms with Gasteiger partial charge in [0.15, 0.2) is 5.65 Å². The first-order valence-corrected chi connectivity index (χ1v) is 6.60. The summed E-state index contributed by atoms with van der Waals surface area (Å²) in [5.74, 6) is 0.589. The maximum absolute atomic E-state index is 11.8. The maximum atomic E-state index is 11.8. The molecule has 1 aromatic carbocycles. The van der Waals surface area contributed by atoms with Crippen LogP contribution in [0.25, 0.3) is 11.0 Å². The highest BCUT2D eigenvalue weighted by Gasteiger charge is 2.09. The Morgan fingerprint density at radius 3 is 2.95 bits per heavy atom. The van der Waals surface area contributed by atoms with Crippen LogP contribution in [-0.2, 0) is 6.54 Å². The number of rotatable bonds is 2. The predicted octanol–water partition coefficient (Wildman–Crippen LogP) is 2.24. The quantitative estimate of drug-likeness (QED) is 0.788. The number of benzene rings is 1. The number of aromatic nitrogens is 4. The highest BCUT2D eigenvalue weighted by molar-refractivity contribution is 9.10. The number of H-pyrrole nitrogens is 1. The summed E-state index contributed by atoms with van der Waals surface area (Å²) in [6, 6.07) is 7.92. The number of hydrogen-bond acceptors (Lipinski definition) is 3. The van der Waals surface area contributed by atoms with Crippen LogP contribution in [0.2, 0.25) is 0 Å². The zero-order valence-electron chi connectivity index (χ0n) is 10.2. The number of fused-ring (bicyclic) bond motifs is 1. The molecule has 0 aliphatic heterocycles. The first-order valence-electron chi connectivity index (χ1n) is 5.81. The number of aryl methyl sites for hydroxylation is 1. The van der Waals surface area contributed by atoms with Crippen LogP contribution in [0.1, 0.15) is 11.4 Å². The van der Waals surface area contributed by atoms with Gasteiger partial charge in [-0.1, -0.05) is 34.1 Å². The Morgan fingerprint density at radius 1 is 1.37 bits per heavy atom. The fraction of sp³-hybridized carbons (Fsp3) is 0.154. The van der Waals surface area contributed by atoms with E-state index in [2.05, 4.69) is 31.0 Å². The van der Waals surface area contributed by atoms with Gasteiger partial charge in [0.25, 0.3) is 5.56 Å². The molecule has 5 nitrogen and oxygen atoms in total. The van der Waals surface area contributed by atoms with E-state index in [0.717, 1.165) is 10.0 Å². The Bertz CT molecular complexity index is 806. The van der Waals surface area contributed by atoms with E-state index in [1.807, 2.05) is 24.3 Å². The van der Waals surface area contributed by atoms with Crippen molar-refractivity contribution in [2.45, 2.75) is 13.5 Å². The molecular weight excluding hydrogens is 308 g/mol. The van der Waals surface area contributed by atoms with Crippen LogP contribution in [0.15, 0.2) is 39.7 Å². The minimum absolute atomic E-state index is 0.152. The summed E-state index contributed by atoms with van der Waals surface area (Å²) < 4.78 is 2.75. The molecule has 0 spiro atoms. The molecule has 3 aromatic rings. The topological polar surface area (TPSA) is 63.6 Å². The van der Waals surface area contributed by atoms with Crippen molar-refractivity contribution in [1.82, 2.24) is 19.7 Å². The van der Waals surface area contributed by atoms with Gasteiger partial charge in [0.1, 0.15) is 11.2 Å². The average molecular weight is 319 g/mol. The summed E-state index contributed by atoms with van der Waals surface area (Å²) in [6.07, 6.45) is 1.55. The minimum Gasteiger partial charge on any atom is -0.310 e. The van der Waals surface area contributed by atoms with Crippen molar-refractivity contribution >= 4 is 27.0 Å². The lowest BCUT2D eigenvalue weighted by atomic mass is 10.2. The van der Waals surface area contributed by atoms with Crippen LogP contribution >= 0.6 is 15.9 Å². The van der Waals surface area contributed by atoms with Crippen LogP contribution in [0.5, 0.6) is 0 Å². The molecule has 2 aromatic heterocycles. The molecule has 3 rings (SSSR count). The third-order valence-corrected chi connectivity index (χ3v) is 3.68.